The van der Waals surface area contributed by atoms with Gasteiger partial charge in [0.2, 0.25) is 5.96 Å². The van der Waals surface area contributed by atoms with Gasteiger partial charge in [-0.15, -0.1) is 5.10 Å². The van der Waals surface area contributed by atoms with E-state index in [1.54, 1.807) is 0 Å². The van der Waals surface area contributed by atoms with Gasteiger partial charge in [-0.1, -0.05) is 25.1 Å². The molecule has 18 heavy (non-hydrogen) atoms. The lowest BCUT2D eigenvalue weighted by Gasteiger charge is -2.20. The highest BCUT2D eigenvalue weighted by Crippen LogP contribution is 2.12. The molecule has 0 spiro atoms. The molecular formula is C12H17N5S. The molecular weight excluding hydrogens is 246 g/mol. The van der Waals surface area contributed by atoms with Gasteiger partial charge in [0.05, 0.1) is 5.69 Å². The van der Waals surface area contributed by atoms with Crippen LogP contribution in [0.15, 0.2) is 40.5 Å². The average Bonchev–Trinajstić information content (AvgIpc) is 2.37. The Bertz CT molecular complexity index is 467. The lowest BCUT2D eigenvalue weighted by molar-refractivity contribution is 1.14. The molecule has 0 bridgehead atoms. The van der Waals surface area contributed by atoms with Crippen LogP contribution in [0.2, 0.25) is 0 Å². The first kappa shape index (κ1) is 14.1. The smallest absolute Gasteiger partial charge is 0.227 e. The van der Waals surface area contributed by atoms with E-state index in [4.69, 9.17) is 23.7 Å². The largest absolute Gasteiger partial charge is 0.376 e. The van der Waals surface area contributed by atoms with Crippen molar-refractivity contribution < 1.29 is 0 Å². The van der Waals surface area contributed by atoms with Crippen LogP contribution in [0.25, 0.3) is 0 Å². The second kappa shape index (κ2) is 6.70. The van der Waals surface area contributed by atoms with Crippen LogP contribution in [0.1, 0.15) is 20.3 Å². The van der Waals surface area contributed by atoms with Crippen molar-refractivity contribution in [3.05, 3.63) is 30.3 Å². The molecule has 0 atom stereocenters. The van der Waals surface area contributed by atoms with Crippen LogP contribution in [0.4, 0.5) is 5.69 Å². The summed E-state index contributed by atoms with van der Waals surface area (Å²) in [6, 6.07) is 9.33. The maximum absolute atomic E-state index is 5.86. The minimum atomic E-state index is 0.131. The highest BCUT2D eigenvalue weighted by molar-refractivity contribution is 7.80. The second-order valence-electron chi connectivity index (χ2n) is 3.66. The summed E-state index contributed by atoms with van der Waals surface area (Å²) in [6.07, 6.45) is 0.815. The van der Waals surface area contributed by atoms with Gasteiger partial charge in [0.1, 0.15) is 0 Å². The Morgan fingerprint density at radius 2 is 1.83 bits per heavy atom. The first-order valence-corrected chi connectivity index (χ1v) is 5.98. The van der Waals surface area contributed by atoms with Gasteiger partial charge < -0.3 is 11.5 Å². The Hall–Kier alpha value is -1.95. The average molecular weight is 263 g/mol. The molecule has 0 aliphatic rings. The summed E-state index contributed by atoms with van der Waals surface area (Å²) in [4.78, 5) is 1.47. The Kier molecular flexibility index (Phi) is 5.26. The fourth-order valence-corrected chi connectivity index (χ4v) is 1.40. The van der Waals surface area contributed by atoms with Gasteiger partial charge in [0.25, 0.3) is 0 Å². The fourth-order valence-electron chi connectivity index (χ4n) is 1.20. The molecule has 0 saturated carbocycles. The quantitative estimate of drug-likeness (QED) is 0.377. The highest BCUT2D eigenvalue weighted by atomic mass is 32.1. The Morgan fingerprint density at radius 3 is 2.33 bits per heavy atom. The molecule has 0 fully saturated rings. The van der Waals surface area contributed by atoms with E-state index in [2.05, 4.69) is 10.2 Å². The number of rotatable bonds is 3. The summed E-state index contributed by atoms with van der Waals surface area (Å²) >= 11 is 4.98. The number of thiocarbonyl (C=S) groups is 1. The predicted octanol–water partition coefficient (Wildman–Crippen LogP) is 1.84. The molecule has 1 aromatic carbocycles. The van der Waals surface area contributed by atoms with Crippen molar-refractivity contribution in [2.75, 3.05) is 4.90 Å². The molecule has 1 rings (SSSR count). The van der Waals surface area contributed by atoms with Gasteiger partial charge in [-0.25, -0.2) is 0 Å². The molecule has 96 valence electrons. The highest BCUT2D eigenvalue weighted by Gasteiger charge is 2.13. The zero-order valence-corrected chi connectivity index (χ0v) is 11.3. The zero-order valence-electron chi connectivity index (χ0n) is 10.5. The molecule has 4 N–H and O–H groups in total. The summed E-state index contributed by atoms with van der Waals surface area (Å²) in [5.74, 6) is 0.154. The standard InChI is InChI=1S/C12H17N5S/c1-3-9(2)15-16-11(13)17(12(14)18)10-7-5-4-6-8-10/h4-8H,3H2,1-2H3,(H2,13,16)(H2,14,18)/b15-9+. The van der Waals surface area contributed by atoms with E-state index in [9.17, 15) is 0 Å². The third-order valence-corrected chi connectivity index (χ3v) is 2.48. The van der Waals surface area contributed by atoms with Crippen molar-refractivity contribution in [3.8, 4) is 0 Å². The first-order valence-electron chi connectivity index (χ1n) is 5.57. The normalized spacial score (nSPS) is 12.3. The van der Waals surface area contributed by atoms with Crippen molar-refractivity contribution >= 4 is 34.7 Å². The van der Waals surface area contributed by atoms with Gasteiger partial charge in [0, 0.05) is 5.71 Å². The molecule has 6 heteroatoms. The minimum absolute atomic E-state index is 0.131. The maximum Gasteiger partial charge on any atom is 0.227 e. The number of guanidine groups is 1. The molecule has 0 heterocycles. The number of nitrogens with two attached hydrogens (primary N) is 2. The van der Waals surface area contributed by atoms with Gasteiger partial charge in [-0.3, -0.25) is 4.90 Å². The molecule has 0 radical (unpaired) electrons. The van der Waals surface area contributed by atoms with Crippen LogP contribution in [0, 0.1) is 0 Å². The second-order valence-corrected chi connectivity index (χ2v) is 4.07. The van der Waals surface area contributed by atoms with E-state index in [-0.39, 0.29) is 11.1 Å². The molecule has 0 saturated heterocycles. The third-order valence-electron chi connectivity index (χ3n) is 2.30. The molecule has 0 aliphatic carbocycles. The van der Waals surface area contributed by atoms with Crippen LogP contribution < -0.4 is 16.4 Å². The minimum Gasteiger partial charge on any atom is -0.376 e. The summed E-state index contributed by atoms with van der Waals surface area (Å²) in [6.45, 7) is 3.87. The van der Waals surface area contributed by atoms with Crippen molar-refractivity contribution in [1.29, 1.82) is 0 Å². The molecule has 0 unspecified atom stereocenters. The van der Waals surface area contributed by atoms with Crippen LogP contribution in [-0.4, -0.2) is 16.8 Å². The van der Waals surface area contributed by atoms with Gasteiger partial charge in [-0.2, -0.15) is 5.10 Å². The fraction of sp³-hybridized carbons (Fsp3) is 0.250. The number of nitrogens with zero attached hydrogens (tertiary/aromatic N) is 3. The van der Waals surface area contributed by atoms with Crippen molar-refractivity contribution in [3.63, 3.8) is 0 Å². The van der Waals surface area contributed by atoms with E-state index in [0.717, 1.165) is 17.8 Å². The number of hydrogen-bond acceptors (Lipinski definition) is 3. The Labute approximate surface area is 112 Å². The van der Waals surface area contributed by atoms with Crippen LogP contribution in [-0.2, 0) is 0 Å². The Morgan fingerprint density at radius 1 is 1.22 bits per heavy atom. The van der Waals surface area contributed by atoms with Gasteiger partial charge >= 0.3 is 0 Å². The summed E-state index contributed by atoms with van der Waals surface area (Å²) < 4.78 is 0. The van der Waals surface area contributed by atoms with E-state index < -0.39 is 0 Å². The molecule has 0 aromatic heterocycles. The van der Waals surface area contributed by atoms with Crippen LogP contribution >= 0.6 is 12.2 Å². The summed E-state index contributed by atoms with van der Waals surface area (Å²) in [5.41, 5.74) is 13.2. The van der Waals surface area contributed by atoms with Gasteiger partial charge in [-0.05, 0) is 37.7 Å². The number of para-hydroxylation sites is 1. The number of hydrogen-bond donors (Lipinski definition) is 2. The van der Waals surface area contributed by atoms with E-state index >= 15 is 0 Å². The lowest BCUT2D eigenvalue weighted by Crippen LogP contribution is -2.45. The predicted molar refractivity (Wildman–Crippen MR) is 80.7 cm³/mol. The summed E-state index contributed by atoms with van der Waals surface area (Å²) in [5, 5.41) is 8.06. The van der Waals surface area contributed by atoms with E-state index in [0.29, 0.717) is 0 Å². The Balaban J connectivity index is 3.04. The zero-order chi connectivity index (χ0) is 13.5. The van der Waals surface area contributed by atoms with Crippen LogP contribution in [0.3, 0.4) is 0 Å². The number of benzene rings is 1. The van der Waals surface area contributed by atoms with E-state index in [1.807, 2.05) is 44.2 Å². The topological polar surface area (TPSA) is 80.0 Å². The van der Waals surface area contributed by atoms with Crippen molar-refractivity contribution in [1.82, 2.24) is 0 Å². The van der Waals surface area contributed by atoms with Crippen LogP contribution in [0.5, 0.6) is 0 Å². The van der Waals surface area contributed by atoms with Crippen molar-refractivity contribution in [2.45, 2.75) is 20.3 Å². The SMILES string of the molecule is CC/C(C)=N/N=C(\N)N(C(N)=S)c1ccccc1. The lowest BCUT2D eigenvalue weighted by atomic mass is 10.3. The molecule has 1 aromatic rings. The summed E-state index contributed by atoms with van der Waals surface area (Å²) in [7, 11) is 0. The molecule has 0 aliphatic heterocycles. The maximum atomic E-state index is 5.86. The third kappa shape index (κ3) is 3.81. The first-order chi connectivity index (χ1) is 8.56. The van der Waals surface area contributed by atoms with Crippen molar-refractivity contribution in [2.24, 2.45) is 21.7 Å². The number of anilines is 1. The molecule has 5 nitrogen and oxygen atoms in total. The monoisotopic (exact) mass is 263 g/mol. The van der Waals surface area contributed by atoms with E-state index in [1.165, 1.54) is 4.90 Å². The van der Waals surface area contributed by atoms with Gasteiger partial charge in [0.15, 0.2) is 5.11 Å². The molecule has 0 amide bonds.